The molecular weight excluding hydrogens is 150 g/mol. The Kier molecular flexibility index (Phi) is 1.87. The number of imidazole rings is 1. The predicted molar refractivity (Wildman–Crippen MR) is 31.7 cm³/mol. The van der Waals surface area contributed by atoms with Crippen molar-refractivity contribution in [1.29, 1.82) is 0 Å². The van der Waals surface area contributed by atoms with E-state index in [1.807, 2.05) is 29.1 Å². The summed E-state index contributed by atoms with van der Waals surface area (Å²) in [6, 6.07) is 1.89. The summed E-state index contributed by atoms with van der Waals surface area (Å²) in [7, 11) is 0. The fraction of sp³-hybridized carbons (Fsp3) is 0. The van der Waals surface area contributed by atoms with Crippen LogP contribution in [0.5, 0.6) is 0 Å². The highest BCUT2D eigenvalue weighted by atomic mass is 35.5. The van der Waals surface area contributed by atoms with Crippen LogP contribution < -0.4 is 16.8 Å². The Balaban J connectivity index is 0.000000500. The standard InChI is InChI=1S/C6H5N3.ClH/c1-2-7-6-8-3-5-9(6)4-1;/h1-5H;1H. The van der Waals surface area contributed by atoms with Crippen LogP contribution in [0.3, 0.4) is 0 Å². The molecule has 0 unspecified atom stereocenters. The first kappa shape index (κ1) is 7.02. The molecule has 0 saturated carbocycles. The number of nitrogens with one attached hydrogen (secondary N) is 1. The van der Waals surface area contributed by atoms with Crippen molar-refractivity contribution in [3.63, 3.8) is 0 Å². The van der Waals surface area contributed by atoms with E-state index in [2.05, 4.69) is 9.97 Å². The van der Waals surface area contributed by atoms with Gasteiger partial charge >= 0.3 is 5.78 Å². The molecular formula is C6H6ClN3. The molecule has 0 amide bonds. The summed E-state index contributed by atoms with van der Waals surface area (Å²) in [5.74, 6) is 0.873. The van der Waals surface area contributed by atoms with Gasteiger partial charge in [-0.1, -0.05) is 4.98 Å². The first-order valence-corrected chi connectivity index (χ1v) is 2.76. The largest absolute Gasteiger partial charge is 1.00 e. The van der Waals surface area contributed by atoms with Gasteiger partial charge in [-0.2, -0.15) is 0 Å². The zero-order valence-corrected chi connectivity index (χ0v) is 5.92. The second-order valence-electron chi connectivity index (χ2n) is 1.81. The lowest BCUT2D eigenvalue weighted by molar-refractivity contribution is -0.512. The van der Waals surface area contributed by atoms with Crippen molar-refractivity contribution in [2.24, 2.45) is 0 Å². The first-order valence-electron chi connectivity index (χ1n) is 2.76. The fourth-order valence-electron chi connectivity index (χ4n) is 0.806. The van der Waals surface area contributed by atoms with Crippen molar-refractivity contribution in [2.45, 2.75) is 0 Å². The minimum absolute atomic E-state index is 0. The van der Waals surface area contributed by atoms with Crippen molar-refractivity contribution >= 4 is 5.78 Å². The molecule has 0 saturated heterocycles. The number of nitrogens with zero attached hydrogens (tertiary/aromatic N) is 2. The van der Waals surface area contributed by atoms with Crippen LogP contribution in [0.4, 0.5) is 0 Å². The summed E-state index contributed by atoms with van der Waals surface area (Å²) in [5.41, 5.74) is 0. The predicted octanol–water partition coefficient (Wildman–Crippen LogP) is -2.85. The number of hydrogen-bond donors (Lipinski definition) is 1. The Bertz CT molecular complexity index is 287. The topological polar surface area (TPSA) is 32.8 Å². The second-order valence-corrected chi connectivity index (χ2v) is 1.81. The smallest absolute Gasteiger partial charge is 0.400 e. The normalized spacial score (nSPS) is 9.20. The highest BCUT2D eigenvalue weighted by Crippen LogP contribution is 1.81. The molecule has 0 aliphatic heterocycles. The molecule has 0 fully saturated rings. The van der Waals surface area contributed by atoms with Crippen LogP contribution in [-0.2, 0) is 0 Å². The van der Waals surface area contributed by atoms with Crippen LogP contribution in [0.2, 0.25) is 0 Å². The van der Waals surface area contributed by atoms with E-state index in [9.17, 15) is 0 Å². The highest BCUT2D eigenvalue weighted by Gasteiger charge is 1.96. The maximum Gasteiger partial charge on any atom is 0.400 e. The van der Waals surface area contributed by atoms with E-state index in [1.54, 1.807) is 6.20 Å². The minimum atomic E-state index is 0. The summed E-state index contributed by atoms with van der Waals surface area (Å²) in [6.07, 6.45) is 7.47. The Morgan fingerprint density at radius 3 is 3.10 bits per heavy atom. The van der Waals surface area contributed by atoms with Crippen molar-refractivity contribution in [1.82, 2.24) is 9.97 Å². The number of halogens is 1. The molecule has 0 aromatic carbocycles. The van der Waals surface area contributed by atoms with Crippen LogP contribution in [0.25, 0.3) is 5.78 Å². The van der Waals surface area contributed by atoms with Gasteiger partial charge in [-0.15, -0.1) is 0 Å². The molecule has 2 rings (SSSR count). The lowest BCUT2D eigenvalue weighted by Crippen LogP contribution is -3.00. The van der Waals surface area contributed by atoms with Gasteiger partial charge in [-0.3, -0.25) is 0 Å². The van der Waals surface area contributed by atoms with Crippen molar-refractivity contribution in [3.8, 4) is 0 Å². The van der Waals surface area contributed by atoms with Gasteiger partial charge in [0.25, 0.3) is 0 Å². The lowest BCUT2D eigenvalue weighted by Gasteiger charge is -1.76. The number of aromatic amines is 1. The van der Waals surface area contributed by atoms with Gasteiger partial charge in [0.05, 0.1) is 12.4 Å². The third kappa shape index (κ3) is 0.953. The fourth-order valence-corrected chi connectivity index (χ4v) is 0.806. The molecule has 0 aliphatic rings. The van der Waals surface area contributed by atoms with Gasteiger partial charge in [0.1, 0.15) is 12.4 Å². The van der Waals surface area contributed by atoms with Crippen LogP contribution in [0.15, 0.2) is 30.9 Å². The van der Waals surface area contributed by atoms with Crippen LogP contribution >= 0.6 is 0 Å². The monoisotopic (exact) mass is 155 g/mol. The van der Waals surface area contributed by atoms with Crippen LogP contribution in [0, 0.1) is 0 Å². The minimum Gasteiger partial charge on any atom is -1.00 e. The second kappa shape index (κ2) is 2.66. The van der Waals surface area contributed by atoms with E-state index < -0.39 is 0 Å². The van der Waals surface area contributed by atoms with Gasteiger partial charge in [-0.25, -0.2) is 9.38 Å². The van der Waals surface area contributed by atoms with Crippen molar-refractivity contribution < 1.29 is 16.8 Å². The molecule has 10 heavy (non-hydrogen) atoms. The van der Waals surface area contributed by atoms with Crippen molar-refractivity contribution in [3.05, 3.63) is 30.9 Å². The molecule has 1 N–H and O–H groups in total. The van der Waals surface area contributed by atoms with Gasteiger partial charge < -0.3 is 12.4 Å². The van der Waals surface area contributed by atoms with Crippen LogP contribution in [-0.4, -0.2) is 9.97 Å². The van der Waals surface area contributed by atoms with E-state index in [4.69, 9.17) is 0 Å². The molecule has 52 valence electrons. The molecule has 3 nitrogen and oxygen atoms in total. The van der Waals surface area contributed by atoms with Gasteiger partial charge in [0.2, 0.25) is 0 Å². The zero-order valence-electron chi connectivity index (χ0n) is 5.16. The average Bonchev–Trinajstić information content (AvgIpc) is 2.33. The highest BCUT2D eigenvalue weighted by molar-refractivity contribution is 5.12. The van der Waals surface area contributed by atoms with E-state index >= 15 is 0 Å². The van der Waals surface area contributed by atoms with E-state index in [1.165, 1.54) is 0 Å². The molecule has 0 spiro atoms. The SMILES string of the molecule is [Cl-].c1cnc2[nH]cc[n+]2c1. The summed E-state index contributed by atoms with van der Waals surface area (Å²) in [5, 5.41) is 0. The first-order chi connectivity index (χ1) is 4.47. The maximum absolute atomic E-state index is 4.05. The summed E-state index contributed by atoms with van der Waals surface area (Å²) in [4.78, 5) is 7.02. The molecule has 0 aliphatic carbocycles. The van der Waals surface area contributed by atoms with Gasteiger partial charge in [0, 0.05) is 6.07 Å². The quantitative estimate of drug-likeness (QED) is 0.409. The third-order valence-electron chi connectivity index (χ3n) is 1.22. The van der Waals surface area contributed by atoms with E-state index in [-0.39, 0.29) is 12.4 Å². The average molecular weight is 156 g/mol. The van der Waals surface area contributed by atoms with Crippen LogP contribution in [0.1, 0.15) is 0 Å². The Labute approximate surface area is 64.1 Å². The Morgan fingerprint density at radius 1 is 1.40 bits per heavy atom. The summed E-state index contributed by atoms with van der Waals surface area (Å²) >= 11 is 0. The number of rotatable bonds is 0. The van der Waals surface area contributed by atoms with Crippen molar-refractivity contribution in [2.75, 3.05) is 0 Å². The third-order valence-corrected chi connectivity index (χ3v) is 1.22. The molecule has 0 bridgehead atoms. The van der Waals surface area contributed by atoms with E-state index in [0.29, 0.717) is 0 Å². The molecule has 2 heterocycles. The molecule has 4 heteroatoms. The van der Waals surface area contributed by atoms with E-state index in [0.717, 1.165) is 5.78 Å². The maximum atomic E-state index is 4.05. The summed E-state index contributed by atoms with van der Waals surface area (Å²) in [6.45, 7) is 0. The lowest BCUT2D eigenvalue weighted by atomic mass is 10.7. The number of fused-ring (bicyclic) bond motifs is 1. The molecule has 2 aromatic rings. The van der Waals surface area contributed by atoms with Gasteiger partial charge in [0.15, 0.2) is 0 Å². The number of hydrogen-bond acceptors (Lipinski definition) is 1. The molecule has 0 radical (unpaired) electrons. The molecule has 2 aromatic heterocycles. The molecule has 0 atom stereocenters. The number of H-pyrrole nitrogens is 1. The Hall–Kier alpha value is -1.09. The number of aromatic nitrogens is 3. The van der Waals surface area contributed by atoms with Gasteiger partial charge in [-0.05, 0) is 0 Å². The Morgan fingerprint density at radius 2 is 2.30 bits per heavy atom. The zero-order chi connectivity index (χ0) is 6.10. The summed E-state index contributed by atoms with van der Waals surface area (Å²) < 4.78 is 1.92.